The number of hydrogen-bond acceptors (Lipinski definition) is 3. The Morgan fingerprint density at radius 2 is 1.83 bits per heavy atom. The van der Waals surface area contributed by atoms with Gasteiger partial charge in [-0.1, -0.05) is 40.9 Å². The number of sulfonamides is 1. The molecule has 0 bridgehead atoms. The van der Waals surface area contributed by atoms with E-state index in [-0.39, 0.29) is 27.3 Å². The zero-order valence-electron chi connectivity index (χ0n) is 12.2. The maximum absolute atomic E-state index is 13.6. The Balaban J connectivity index is 1.89. The summed E-state index contributed by atoms with van der Waals surface area (Å²) in [7, 11) is -3.75. The molecule has 0 fully saturated rings. The van der Waals surface area contributed by atoms with Gasteiger partial charge in [0.2, 0.25) is 10.0 Å². The Hall–Kier alpha value is -0.500. The molecule has 2 rings (SSSR count). The number of thioether (sulfide) groups is 1. The van der Waals surface area contributed by atoms with Crippen molar-refractivity contribution >= 4 is 56.6 Å². The molecule has 0 aliphatic carbocycles. The lowest BCUT2D eigenvalue weighted by molar-refractivity contribution is 0.584. The number of hydrogen-bond donors (Lipinski definition) is 1. The molecule has 0 saturated carbocycles. The maximum atomic E-state index is 13.6. The highest BCUT2D eigenvalue weighted by molar-refractivity contribution is 7.98. The van der Waals surface area contributed by atoms with Crippen LogP contribution in [0.15, 0.2) is 41.3 Å². The van der Waals surface area contributed by atoms with E-state index < -0.39 is 10.0 Å². The van der Waals surface area contributed by atoms with E-state index in [0.717, 1.165) is 0 Å². The number of halogens is 4. The van der Waals surface area contributed by atoms with E-state index in [2.05, 4.69) is 4.72 Å². The van der Waals surface area contributed by atoms with Crippen LogP contribution in [-0.4, -0.2) is 20.7 Å². The topological polar surface area (TPSA) is 46.2 Å². The molecule has 2 aromatic carbocycles. The third-order valence-electron chi connectivity index (χ3n) is 3.03. The second-order valence-corrected chi connectivity index (χ2v) is 8.82. The highest BCUT2D eigenvalue weighted by Crippen LogP contribution is 2.25. The lowest BCUT2D eigenvalue weighted by Crippen LogP contribution is -2.26. The molecule has 0 amide bonds. The Labute approximate surface area is 159 Å². The van der Waals surface area contributed by atoms with Crippen LogP contribution in [-0.2, 0) is 15.8 Å². The summed E-state index contributed by atoms with van der Waals surface area (Å²) < 4.78 is 40.5. The first kappa shape index (κ1) is 19.8. The van der Waals surface area contributed by atoms with Crippen molar-refractivity contribution in [2.75, 3.05) is 12.3 Å². The van der Waals surface area contributed by atoms with Crippen LogP contribution in [0.3, 0.4) is 0 Å². The summed E-state index contributed by atoms with van der Waals surface area (Å²) >= 11 is 19.0. The van der Waals surface area contributed by atoms with Gasteiger partial charge >= 0.3 is 0 Å². The van der Waals surface area contributed by atoms with E-state index in [9.17, 15) is 12.8 Å². The van der Waals surface area contributed by atoms with Crippen LogP contribution in [0.2, 0.25) is 15.1 Å². The van der Waals surface area contributed by atoms with Crippen molar-refractivity contribution in [2.24, 2.45) is 0 Å². The molecule has 1 N–H and O–H groups in total. The first-order valence-corrected chi connectivity index (χ1v) is 10.5. The van der Waals surface area contributed by atoms with Crippen LogP contribution in [0.1, 0.15) is 5.56 Å². The molecule has 0 unspecified atom stereocenters. The summed E-state index contributed by atoms with van der Waals surface area (Å²) in [6.07, 6.45) is 0. The average Bonchev–Trinajstić information content (AvgIpc) is 2.51. The summed E-state index contributed by atoms with van der Waals surface area (Å²) in [6, 6.07) is 8.72. The normalized spacial score (nSPS) is 11.7. The minimum atomic E-state index is -3.75. The summed E-state index contributed by atoms with van der Waals surface area (Å²) in [5, 5.41) is 0.731. The average molecular weight is 429 g/mol. The second kappa shape index (κ2) is 8.74. The molecule has 0 saturated heterocycles. The van der Waals surface area contributed by atoms with Crippen molar-refractivity contribution in [2.45, 2.75) is 10.6 Å². The van der Waals surface area contributed by atoms with Crippen molar-refractivity contribution in [1.29, 1.82) is 0 Å². The molecule has 24 heavy (non-hydrogen) atoms. The number of benzene rings is 2. The zero-order chi connectivity index (χ0) is 17.7. The van der Waals surface area contributed by atoms with Crippen LogP contribution in [0.4, 0.5) is 4.39 Å². The smallest absolute Gasteiger partial charge is 0.210 e. The molecule has 0 aliphatic heterocycles. The van der Waals surface area contributed by atoms with Crippen molar-refractivity contribution in [3.05, 3.63) is 62.8 Å². The van der Waals surface area contributed by atoms with E-state index >= 15 is 0 Å². The van der Waals surface area contributed by atoms with Gasteiger partial charge in [-0.15, -0.1) is 0 Å². The Morgan fingerprint density at radius 3 is 2.54 bits per heavy atom. The predicted molar refractivity (Wildman–Crippen MR) is 99.2 cm³/mol. The van der Waals surface area contributed by atoms with Gasteiger partial charge in [0.25, 0.3) is 0 Å². The van der Waals surface area contributed by atoms with Gasteiger partial charge in [-0.2, -0.15) is 11.8 Å². The lowest BCUT2D eigenvalue weighted by atomic mass is 10.2. The predicted octanol–water partition coefficient (Wildman–Crippen LogP) is 5.00. The second-order valence-electron chi connectivity index (χ2n) is 4.73. The van der Waals surface area contributed by atoms with Crippen molar-refractivity contribution in [3.8, 4) is 0 Å². The zero-order valence-corrected chi connectivity index (χ0v) is 16.1. The molecule has 130 valence electrons. The fourth-order valence-electron chi connectivity index (χ4n) is 1.85. The maximum Gasteiger partial charge on any atom is 0.242 e. The molecule has 0 heterocycles. The van der Waals surface area contributed by atoms with Crippen LogP contribution < -0.4 is 4.72 Å². The van der Waals surface area contributed by atoms with Gasteiger partial charge in [0.15, 0.2) is 0 Å². The van der Waals surface area contributed by atoms with Crippen molar-refractivity contribution in [1.82, 2.24) is 4.72 Å². The molecule has 3 nitrogen and oxygen atoms in total. The van der Waals surface area contributed by atoms with Crippen LogP contribution >= 0.6 is 46.6 Å². The van der Waals surface area contributed by atoms with Crippen molar-refractivity contribution < 1.29 is 12.8 Å². The van der Waals surface area contributed by atoms with Crippen LogP contribution in [0.25, 0.3) is 0 Å². The third kappa shape index (κ3) is 5.25. The monoisotopic (exact) mass is 427 g/mol. The van der Waals surface area contributed by atoms with E-state index in [1.807, 2.05) is 0 Å². The van der Waals surface area contributed by atoms with Gasteiger partial charge in [-0.3, -0.25) is 0 Å². The molecular formula is C15H13Cl3FNO2S2. The largest absolute Gasteiger partial charge is 0.242 e. The van der Waals surface area contributed by atoms with Crippen molar-refractivity contribution in [3.63, 3.8) is 0 Å². The summed E-state index contributed by atoms with van der Waals surface area (Å²) in [6.45, 7) is 0.169. The third-order valence-corrected chi connectivity index (χ3v) is 6.55. The summed E-state index contributed by atoms with van der Waals surface area (Å²) in [5.41, 5.74) is 0.407. The van der Waals surface area contributed by atoms with E-state index in [4.69, 9.17) is 34.8 Å². The van der Waals surface area contributed by atoms with Gasteiger partial charge in [-0.05, 0) is 30.3 Å². The fraction of sp³-hybridized carbons (Fsp3) is 0.200. The summed E-state index contributed by atoms with van der Waals surface area (Å²) in [5.74, 6) is 0.425. The van der Waals surface area contributed by atoms with Gasteiger partial charge in [0.05, 0.1) is 5.02 Å². The molecule has 0 aromatic heterocycles. The summed E-state index contributed by atoms with van der Waals surface area (Å²) in [4.78, 5) is -0.0705. The quantitative estimate of drug-likeness (QED) is 0.631. The SMILES string of the molecule is O=S(=O)(NCCSCc1c(F)cccc1Cl)c1cc(Cl)ccc1Cl. The molecule has 0 radical (unpaired) electrons. The van der Waals surface area contributed by atoms with Crippen LogP contribution in [0.5, 0.6) is 0 Å². The molecule has 2 aromatic rings. The first-order chi connectivity index (χ1) is 11.3. The Bertz CT molecular complexity index is 811. The molecule has 0 atom stereocenters. The number of nitrogens with one attached hydrogen (secondary N) is 1. The number of rotatable bonds is 7. The van der Waals surface area contributed by atoms with E-state index in [1.165, 1.54) is 42.1 Å². The minimum absolute atomic E-state index is 0.0705. The molecule has 9 heteroatoms. The van der Waals surface area contributed by atoms with Gasteiger partial charge < -0.3 is 0 Å². The fourth-order valence-corrected chi connectivity index (χ4v) is 4.97. The Morgan fingerprint density at radius 1 is 1.08 bits per heavy atom. The highest BCUT2D eigenvalue weighted by atomic mass is 35.5. The van der Waals surface area contributed by atoms with Gasteiger partial charge in [0.1, 0.15) is 10.7 Å². The van der Waals surface area contributed by atoms with Gasteiger partial charge in [-0.25, -0.2) is 17.5 Å². The lowest BCUT2D eigenvalue weighted by Gasteiger charge is -2.09. The van der Waals surface area contributed by atoms with E-state index in [1.54, 1.807) is 6.07 Å². The van der Waals surface area contributed by atoms with E-state index in [0.29, 0.717) is 22.1 Å². The van der Waals surface area contributed by atoms with Crippen LogP contribution in [0, 0.1) is 5.82 Å². The van der Waals surface area contributed by atoms with Gasteiger partial charge in [0, 0.05) is 33.7 Å². The standard InChI is InChI=1S/C15H13Cl3FNO2S2/c16-10-4-5-13(18)15(8-10)24(21,22)20-6-7-23-9-11-12(17)2-1-3-14(11)19/h1-5,8,20H,6-7,9H2. The highest BCUT2D eigenvalue weighted by Gasteiger charge is 2.17. The molecule has 0 aliphatic rings. The Kier molecular flexibility index (Phi) is 7.22. The molecular weight excluding hydrogens is 416 g/mol. The molecule has 0 spiro atoms. The first-order valence-electron chi connectivity index (χ1n) is 6.76. The minimum Gasteiger partial charge on any atom is -0.210 e.